The van der Waals surface area contributed by atoms with E-state index in [4.69, 9.17) is 9.47 Å². The fourth-order valence-corrected chi connectivity index (χ4v) is 6.26. The molecule has 0 aliphatic carbocycles. The monoisotopic (exact) mass is 785 g/mol. The van der Waals surface area contributed by atoms with E-state index in [2.05, 4.69) is 26.1 Å². The van der Waals surface area contributed by atoms with Gasteiger partial charge in [0.1, 0.15) is 12.7 Å². The number of alkyl halides is 3. The number of nitrogens with zero attached hydrogens (tertiary/aromatic N) is 2. The van der Waals surface area contributed by atoms with Crippen molar-refractivity contribution < 1.29 is 41.7 Å². The van der Waals surface area contributed by atoms with Crippen molar-refractivity contribution in [3.05, 3.63) is 123 Å². The maximum absolute atomic E-state index is 14.2. The van der Waals surface area contributed by atoms with Crippen LogP contribution >= 0.6 is 15.9 Å². The number of aliphatic hydroxyl groups is 1. The molecule has 0 bridgehead atoms. The van der Waals surface area contributed by atoms with Crippen LogP contribution in [0.4, 0.5) is 23.2 Å². The van der Waals surface area contributed by atoms with Crippen molar-refractivity contribution in [1.82, 2.24) is 9.80 Å². The molecule has 0 saturated heterocycles. The predicted octanol–water partition coefficient (Wildman–Crippen LogP) is 7.72. The largest absolute Gasteiger partial charge is 0.486 e. The summed E-state index contributed by atoms with van der Waals surface area (Å²) < 4.78 is 66.1. The summed E-state index contributed by atoms with van der Waals surface area (Å²) in [5.41, 5.74) is 1.93. The Morgan fingerprint density at radius 1 is 1.06 bits per heavy atom. The number of fused-ring (bicyclic) bond motifs is 1. The highest BCUT2D eigenvalue weighted by Crippen LogP contribution is 2.35. The number of benzene rings is 4. The molecular weight excluding hydrogens is 746 g/mol. The number of aliphatic hydroxyl groups excluding tert-OH is 1. The summed E-state index contributed by atoms with van der Waals surface area (Å²) in [4.78, 5) is 30.7. The number of anilines is 1. The Labute approximate surface area is 308 Å². The number of halogens is 5. The number of carbonyl (C=O) groups is 2. The smallest absolute Gasteiger partial charge is 0.416 e. The van der Waals surface area contributed by atoms with Gasteiger partial charge in [-0.25, -0.2) is 4.39 Å². The van der Waals surface area contributed by atoms with Gasteiger partial charge in [0.2, 0.25) is 5.91 Å². The van der Waals surface area contributed by atoms with Crippen molar-refractivity contribution in [3.63, 3.8) is 0 Å². The summed E-state index contributed by atoms with van der Waals surface area (Å²) in [6.45, 7) is 4.99. The molecule has 0 aromatic heterocycles. The van der Waals surface area contributed by atoms with Gasteiger partial charge in [-0.1, -0.05) is 65.3 Å². The zero-order valence-corrected chi connectivity index (χ0v) is 30.5. The Morgan fingerprint density at radius 2 is 1.73 bits per heavy atom. The average molecular weight is 787 g/mol. The maximum Gasteiger partial charge on any atom is 0.416 e. The third-order valence-electron chi connectivity index (χ3n) is 8.87. The minimum absolute atomic E-state index is 0.164. The number of para-hydroxylation sites is 1. The number of hydrogen-bond donors (Lipinski definition) is 2. The van der Waals surface area contributed by atoms with Crippen molar-refractivity contribution in [3.8, 4) is 11.5 Å². The van der Waals surface area contributed by atoms with Crippen LogP contribution in [-0.2, 0) is 30.5 Å². The first-order valence-corrected chi connectivity index (χ1v) is 17.5. The number of nitrogens with one attached hydrogen (secondary N) is 1. The number of likely N-dealkylation sites (N-methyl/N-ethyl adjacent to an activating group) is 1. The minimum Gasteiger partial charge on any atom is -0.486 e. The molecule has 5 rings (SSSR count). The second-order valence-electron chi connectivity index (χ2n) is 13.1. The van der Waals surface area contributed by atoms with Crippen LogP contribution in [0.3, 0.4) is 0 Å². The van der Waals surface area contributed by atoms with E-state index in [9.17, 15) is 32.3 Å². The van der Waals surface area contributed by atoms with Gasteiger partial charge < -0.3 is 24.8 Å². The molecule has 0 unspecified atom stereocenters. The summed E-state index contributed by atoms with van der Waals surface area (Å²) >= 11 is 3.24. The fraction of sp³-hybridized carbons (Fsp3) is 0.333. The van der Waals surface area contributed by atoms with Gasteiger partial charge in [0.05, 0.1) is 35.9 Å². The van der Waals surface area contributed by atoms with Gasteiger partial charge >= 0.3 is 6.18 Å². The molecule has 1 aliphatic rings. The molecule has 2 N–H and O–H groups in total. The Bertz CT molecular complexity index is 1860. The lowest BCUT2D eigenvalue weighted by atomic mass is 9.98. The topological polar surface area (TPSA) is 91.3 Å². The van der Waals surface area contributed by atoms with Crippen molar-refractivity contribution in [2.24, 2.45) is 5.92 Å². The Hall–Kier alpha value is -4.46. The van der Waals surface area contributed by atoms with E-state index in [1.165, 1.54) is 18.2 Å². The molecule has 1 heterocycles. The number of amides is 2. The van der Waals surface area contributed by atoms with Gasteiger partial charge in [-0.2, -0.15) is 13.2 Å². The van der Waals surface area contributed by atoms with E-state index in [1.807, 2.05) is 38.2 Å². The molecule has 4 aromatic carbocycles. The van der Waals surface area contributed by atoms with E-state index >= 15 is 0 Å². The average Bonchev–Trinajstić information content (AvgIpc) is 3.09. The van der Waals surface area contributed by atoms with Crippen LogP contribution in [-0.4, -0.2) is 65.6 Å². The molecule has 0 saturated carbocycles. The van der Waals surface area contributed by atoms with Crippen molar-refractivity contribution >= 4 is 33.4 Å². The Morgan fingerprint density at radius 3 is 2.38 bits per heavy atom. The minimum atomic E-state index is -4.49. The fourth-order valence-electron chi connectivity index (χ4n) is 5.93. The molecule has 3 atom stereocenters. The van der Waals surface area contributed by atoms with Gasteiger partial charge in [0.15, 0.2) is 17.3 Å². The molecule has 0 radical (unpaired) electrons. The van der Waals surface area contributed by atoms with Gasteiger partial charge in [-0.05, 0) is 73.1 Å². The van der Waals surface area contributed by atoms with Crippen molar-refractivity contribution in [1.29, 1.82) is 0 Å². The van der Waals surface area contributed by atoms with E-state index in [-0.39, 0.29) is 54.2 Å². The highest BCUT2D eigenvalue weighted by Gasteiger charge is 2.35. The van der Waals surface area contributed by atoms with Crippen molar-refractivity contribution in [2.75, 3.05) is 32.1 Å². The second-order valence-corrected chi connectivity index (χ2v) is 14.0. The molecule has 13 heteroatoms. The van der Waals surface area contributed by atoms with E-state index in [0.29, 0.717) is 29.7 Å². The maximum atomic E-state index is 14.2. The lowest BCUT2D eigenvalue weighted by Crippen LogP contribution is -2.49. The van der Waals surface area contributed by atoms with Crippen LogP contribution < -0.4 is 14.8 Å². The zero-order valence-electron chi connectivity index (χ0n) is 28.9. The summed E-state index contributed by atoms with van der Waals surface area (Å²) in [6.07, 6.45) is -5.14. The van der Waals surface area contributed by atoms with E-state index < -0.39 is 35.6 Å². The Balaban J connectivity index is 1.30. The summed E-state index contributed by atoms with van der Waals surface area (Å²) in [5.74, 6) is -1.16. The number of carbonyl (C=O) groups excluding carboxylic acids is 2. The standard InChI is InChI=1S/C39H40BrF4N3O5/c1-24-19-47(25(2)22-48)38(50)31-5-4-6-33(45-36(49)17-26-11-13-29(14-12-26)39(42,43)44)37(31)52-35(24)21-46(3)20-27-7-9-28(10-8-27)23-51-34-16-15-30(40)18-32(34)41/h4-16,18,24-25,35,48H,17,19-23H2,1-3H3,(H,45,49)/t24-,25+,35-/m1/s1. The third-order valence-corrected chi connectivity index (χ3v) is 9.36. The molecule has 0 fully saturated rings. The predicted molar refractivity (Wildman–Crippen MR) is 193 cm³/mol. The van der Waals surface area contributed by atoms with E-state index in [1.54, 1.807) is 42.2 Å². The first-order chi connectivity index (χ1) is 24.7. The summed E-state index contributed by atoms with van der Waals surface area (Å²) in [7, 11) is 1.94. The molecule has 1 aliphatic heterocycles. The van der Waals surface area contributed by atoms with Gasteiger partial charge in [-0.3, -0.25) is 14.5 Å². The molecule has 8 nitrogen and oxygen atoms in total. The molecular formula is C39H40BrF4N3O5. The van der Waals surface area contributed by atoms with Crippen molar-refractivity contribution in [2.45, 2.75) is 51.7 Å². The number of rotatable bonds is 12. The van der Waals surface area contributed by atoms with Gasteiger partial charge in [-0.15, -0.1) is 0 Å². The van der Waals surface area contributed by atoms with Crippen LogP contribution in [0.2, 0.25) is 0 Å². The van der Waals surface area contributed by atoms with Crippen LogP contribution in [0.1, 0.15) is 46.5 Å². The van der Waals surface area contributed by atoms with Gasteiger partial charge in [0, 0.05) is 30.0 Å². The highest BCUT2D eigenvalue weighted by molar-refractivity contribution is 9.10. The summed E-state index contributed by atoms with van der Waals surface area (Å²) in [6, 6.07) is 21.1. The summed E-state index contributed by atoms with van der Waals surface area (Å²) in [5, 5.41) is 12.8. The first-order valence-electron chi connectivity index (χ1n) is 16.7. The van der Waals surface area contributed by atoms with Crippen LogP contribution in [0.25, 0.3) is 0 Å². The second kappa shape index (κ2) is 16.9. The normalized spacial score (nSPS) is 16.8. The quantitative estimate of drug-likeness (QED) is 0.143. The van der Waals surface area contributed by atoms with Crippen LogP contribution in [0.15, 0.2) is 89.4 Å². The Kier molecular flexibility index (Phi) is 12.6. The molecule has 4 aromatic rings. The zero-order chi connectivity index (χ0) is 37.6. The third kappa shape index (κ3) is 9.90. The highest BCUT2D eigenvalue weighted by atomic mass is 79.9. The molecule has 2 amide bonds. The lowest BCUT2D eigenvalue weighted by Gasteiger charge is -2.38. The molecule has 276 valence electrons. The number of ether oxygens (including phenoxy) is 2. The molecule has 0 spiro atoms. The van der Waals surface area contributed by atoms with Gasteiger partial charge in [0.25, 0.3) is 5.91 Å². The first kappa shape index (κ1) is 38.8. The SMILES string of the molecule is C[C@@H]1CN([C@@H](C)CO)C(=O)c2cccc(NC(=O)Cc3ccc(C(F)(F)F)cc3)c2O[C@@H]1CN(C)Cc1ccc(COc2ccc(Br)cc2F)cc1. The van der Waals surface area contributed by atoms with Crippen LogP contribution in [0.5, 0.6) is 11.5 Å². The number of hydrogen-bond acceptors (Lipinski definition) is 6. The van der Waals surface area contributed by atoms with E-state index in [0.717, 1.165) is 23.3 Å². The van der Waals surface area contributed by atoms with Crippen LogP contribution in [0, 0.1) is 11.7 Å². The lowest BCUT2D eigenvalue weighted by molar-refractivity contribution is -0.137. The molecule has 52 heavy (non-hydrogen) atoms.